The lowest BCUT2D eigenvalue weighted by atomic mass is 10.2. The Labute approximate surface area is 147 Å². The highest BCUT2D eigenvalue weighted by Gasteiger charge is 2.10. The van der Waals surface area contributed by atoms with Crippen molar-refractivity contribution in [2.45, 2.75) is 0 Å². The number of carbonyl (C=O) groups is 2. The van der Waals surface area contributed by atoms with Gasteiger partial charge in [0.2, 0.25) is 5.91 Å². The molecule has 0 aliphatic rings. The van der Waals surface area contributed by atoms with Crippen molar-refractivity contribution in [3.63, 3.8) is 0 Å². The molecule has 0 unspecified atom stereocenters. The van der Waals surface area contributed by atoms with Gasteiger partial charge in [-0.1, -0.05) is 34.1 Å². The molecule has 0 fully saturated rings. The summed E-state index contributed by atoms with van der Waals surface area (Å²) < 4.78 is 0.900. The third-order valence-electron chi connectivity index (χ3n) is 3.03. The van der Waals surface area contributed by atoms with Gasteiger partial charge in [0.25, 0.3) is 5.91 Å². The molecule has 0 saturated heterocycles. The van der Waals surface area contributed by atoms with Crippen molar-refractivity contribution in [1.82, 2.24) is 15.6 Å². The normalized spacial score (nSPS) is 10.5. The van der Waals surface area contributed by atoms with Crippen LogP contribution in [0.15, 0.2) is 53.1 Å². The highest BCUT2D eigenvalue weighted by molar-refractivity contribution is 9.10. The first kappa shape index (κ1) is 17.7. The van der Waals surface area contributed by atoms with Gasteiger partial charge in [0.15, 0.2) is 5.69 Å². The molecule has 0 aliphatic heterocycles. The van der Waals surface area contributed by atoms with Crippen LogP contribution in [0.4, 0.5) is 0 Å². The van der Waals surface area contributed by atoms with Gasteiger partial charge in [-0.25, -0.2) is 4.98 Å². The van der Waals surface area contributed by atoms with Crippen molar-refractivity contribution in [2.24, 2.45) is 0 Å². The number of pyridine rings is 1. The topological polar surface area (TPSA) is 91.3 Å². The van der Waals surface area contributed by atoms with Crippen LogP contribution in [0.1, 0.15) is 16.1 Å². The van der Waals surface area contributed by atoms with Crippen LogP contribution in [0.5, 0.6) is 5.75 Å². The Bertz CT molecular complexity index is 762. The van der Waals surface area contributed by atoms with Gasteiger partial charge in [-0.05, 0) is 29.8 Å². The summed E-state index contributed by atoms with van der Waals surface area (Å²) in [5, 5.41) is 14.7. The summed E-state index contributed by atoms with van der Waals surface area (Å²) in [5.74, 6) is -0.942. The third kappa shape index (κ3) is 5.20. The first-order valence-corrected chi connectivity index (χ1v) is 8.00. The first-order valence-electron chi connectivity index (χ1n) is 7.20. The number of carbonyl (C=O) groups excluding carboxylic acids is 2. The van der Waals surface area contributed by atoms with Crippen LogP contribution in [-0.2, 0) is 4.79 Å². The van der Waals surface area contributed by atoms with Gasteiger partial charge in [0.1, 0.15) is 5.75 Å². The number of nitrogens with one attached hydrogen (secondary N) is 2. The minimum atomic E-state index is -0.494. The number of rotatable bonds is 6. The number of nitrogens with zero attached hydrogens (tertiary/aromatic N) is 1. The van der Waals surface area contributed by atoms with E-state index in [2.05, 4.69) is 31.5 Å². The number of hydrogen-bond donors (Lipinski definition) is 3. The maximum absolute atomic E-state index is 11.8. The van der Waals surface area contributed by atoms with Crippen molar-refractivity contribution < 1.29 is 14.7 Å². The number of aromatic hydroxyl groups is 1. The highest BCUT2D eigenvalue weighted by Crippen LogP contribution is 2.16. The average molecular weight is 390 g/mol. The summed E-state index contributed by atoms with van der Waals surface area (Å²) in [7, 11) is 0. The second-order valence-corrected chi connectivity index (χ2v) is 5.63. The van der Waals surface area contributed by atoms with Gasteiger partial charge in [-0.3, -0.25) is 9.59 Å². The monoisotopic (exact) mass is 389 g/mol. The van der Waals surface area contributed by atoms with E-state index in [-0.39, 0.29) is 30.4 Å². The summed E-state index contributed by atoms with van der Waals surface area (Å²) >= 11 is 3.40. The van der Waals surface area contributed by atoms with Gasteiger partial charge < -0.3 is 15.7 Å². The molecule has 0 radical (unpaired) electrons. The maximum atomic E-state index is 11.8. The predicted molar refractivity (Wildman–Crippen MR) is 94.4 cm³/mol. The first-order chi connectivity index (χ1) is 11.6. The summed E-state index contributed by atoms with van der Waals surface area (Å²) in [4.78, 5) is 27.3. The van der Waals surface area contributed by atoms with E-state index in [0.717, 1.165) is 10.0 Å². The third-order valence-corrected chi connectivity index (χ3v) is 3.75. The zero-order valence-electron chi connectivity index (χ0n) is 12.7. The second-order valence-electron chi connectivity index (χ2n) is 4.77. The minimum Gasteiger partial charge on any atom is -0.505 e. The standard InChI is InChI=1S/C17H16BrN3O3/c18-13-5-2-1-4-12(13)7-8-15(23)19-10-11-21-17(24)16-14(22)6-3-9-20-16/h1-9,22H,10-11H2,(H,19,23)(H,21,24)/b8-7+. The van der Waals surface area contributed by atoms with Crippen LogP contribution in [-0.4, -0.2) is 35.0 Å². The van der Waals surface area contributed by atoms with E-state index < -0.39 is 5.91 Å². The van der Waals surface area contributed by atoms with Crippen molar-refractivity contribution >= 4 is 33.8 Å². The van der Waals surface area contributed by atoms with Crippen LogP contribution < -0.4 is 10.6 Å². The zero-order chi connectivity index (χ0) is 17.4. The van der Waals surface area contributed by atoms with Gasteiger partial charge in [-0.15, -0.1) is 0 Å². The van der Waals surface area contributed by atoms with Crippen molar-refractivity contribution in [1.29, 1.82) is 0 Å². The number of amides is 2. The number of hydrogen-bond acceptors (Lipinski definition) is 4. The minimum absolute atomic E-state index is 0.0438. The van der Waals surface area contributed by atoms with Crippen LogP contribution in [0.3, 0.4) is 0 Å². The second kappa shape index (κ2) is 8.83. The molecular weight excluding hydrogens is 374 g/mol. The number of aromatic nitrogens is 1. The SMILES string of the molecule is O=C(/C=C/c1ccccc1Br)NCCNC(=O)c1ncccc1O. The summed E-state index contributed by atoms with van der Waals surface area (Å²) in [6, 6.07) is 10.5. The Balaban J connectivity index is 1.74. The molecule has 24 heavy (non-hydrogen) atoms. The van der Waals surface area contributed by atoms with Crippen LogP contribution >= 0.6 is 15.9 Å². The molecule has 1 aromatic carbocycles. The van der Waals surface area contributed by atoms with E-state index in [1.54, 1.807) is 6.08 Å². The van der Waals surface area contributed by atoms with Gasteiger partial charge in [0, 0.05) is 29.8 Å². The quantitative estimate of drug-likeness (QED) is 0.521. The Morgan fingerprint density at radius 1 is 1.12 bits per heavy atom. The molecular formula is C17H16BrN3O3. The van der Waals surface area contributed by atoms with Crippen molar-refractivity contribution in [3.05, 3.63) is 64.4 Å². The fourth-order valence-corrected chi connectivity index (χ4v) is 2.27. The fraction of sp³-hybridized carbons (Fsp3) is 0.118. The van der Waals surface area contributed by atoms with Gasteiger partial charge >= 0.3 is 0 Å². The molecule has 0 aliphatic carbocycles. The lowest BCUT2D eigenvalue weighted by Gasteiger charge is -2.06. The van der Waals surface area contributed by atoms with E-state index in [1.165, 1.54) is 24.4 Å². The number of halogens is 1. The lowest BCUT2D eigenvalue weighted by molar-refractivity contribution is -0.116. The molecule has 0 atom stereocenters. The molecule has 0 saturated carbocycles. The van der Waals surface area contributed by atoms with E-state index in [0.29, 0.717) is 0 Å². The predicted octanol–water partition coefficient (Wildman–Crippen LogP) is 2.11. The summed E-state index contributed by atoms with van der Waals surface area (Å²) in [6.07, 6.45) is 4.54. The van der Waals surface area contributed by atoms with E-state index in [4.69, 9.17) is 0 Å². The van der Waals surface area contributed by atoms with Gasteiger partial charge in [0.05, 0.1) is 0 Å². The van der Waals surface area contributed by atoms with Crippen LogP contribution in [0.2, 0.25) is 0 Å². The smallest absolute Gasteiger partial charge is 0.273 e. The molecule has 2 amide bonds. The van der Waals surface area contributed by atoms with E-state index in [9.17, 15) is 14.7 Å². The molecule has 124 valence electrons. The molecule has 7 heteroatoms. The zero-order valence-corrected chi connectivity index (χ0v) is 14.3. The molecule has 0 spiro atoms. The summed E-state index contributed by atoms with van der Waals surface area (Å²) in [5.41, 5.74) is 0.851. The largest absolute Gasteiger partial charge is 0.505 e. The molecule has 0 bridgehead atoms. The molecule has 2 rings (SSSR count). The van der Waals surface area contributed by atoms with Crippen molar-refractivity contribution in [3.8, 4) is 5.75 Å². The van der Waals surface area contributed by atoms with E-state index >= 15 is 0 Å². The molecule has 3 N–H and O–H groups in total. The maximum Gasteiger partial charge on any atom is 0.273 e. The average Bonchev–Trinajstić information content (AvgIpc) is 2.58. The molecule has 1 heterocycles. The Kier molecular flexibility index (Phi) is 6.51. The Morgan fingerprint density at radius 2 is 1.88 bits per heavy atom. The van der Waals surface area contributed by atoms with E-state index in [1.807, 2.05) is 24.3 Å². The fourth-order valence-electron chi connectivity index (χ4n) is 1.85. The number of benzene rings is 1. The Morgan fingerprint density at radius 3 is 2.62 bits per heavy atom. The molecule has 6 nitrogen and oxygen atoms in total. The van der Waals surface area contributed by atoms with Crippen LogP contribution in [0, 0.1) is 0 Å². The lowest BCUT2D eigenvalue weighted by Crippen LogP contribution is -2.34. The highest BCUT2D eigenvalue weighted by atomic mass is 79.9. The molecule has 2 aromatic rings. The van der Waals surface area contributed by atoms with Crippen molar-refractivity contribution in [2.75, 3.05) is 13.1 Å². The Hall–Kier alpha value is -2.67. The van der Waals surface area contributed by atoms with Crippen LogP contribution in [0.25, 0.3) is 6.08 Å². The molecule has 1 aromatic heterocycles. The van der Waals surface area contributed by atoms with Gasteiger partial charge in [-0.2, -0.15) is 0 Å². The summed E-state index contributed by atoms with van der Waals surface area (Å²) in [6.45, 7) is 0.488.